The Morgan fingerprint density at radius 1 is 1.55 bits per heavy atom. The third-order valence-electron chi connectivity index (χ3n) is 2.81. The summed E-state index contributed by atoms with van der Waals surface area (Å²) < 4.78 is 6.25. The average molecular weight is 297 g/mol. The molecule has 7 nitrogen and oxygen atoms in total. The van der Waals surface area contributed by atoms with Crippen molar-refractivity contribution < 1.29 is 14.3 Å². The number of carbonyl (C=O) groups is 2. The summed E-state index contributed by atoms with van der Waals surface area (Å²) in [4.78, 5) is 40.9. The zero-order chi connectivity index (χ0) is 14.7. The molecular formula is C12H15N3O4S. The Morgan fingerprint density at radius 2 is 2.30 bits per heavy atom. The van der Waals surface area contributed by atoms with Gasteiger partial charge in [-0.2, -0.15) is 0 Å². The molecule has 0 saturated carbocycles. The molecule has 0 N–H and O–H groups in total. The van der Waals surface area contributed by atoms with Gasteiger partial charge in [0.1, 0.15) is 12.1 Å². The van der Waals surface area contributed by atoms with Crippen molar-refractivity contribution in [2.45, 2.75) is 18.6 Å². The number of nitrogens with zero attached hydrogens (tertiary/aromatic N) is 3. The SMILES string of the molecule is CCOC(=O)CN(C)C(=O)c1cnc2n(c1=O)CCS2. The van der Waals surface area contributed by atoms with Crippen LogP contribution in [0.3, 0.4) is 0 Å². The first-order valence-electron chi connectivity index (χ1n) is 6.18. The van der Waals surface area contributed by atoms with E-state index in [1.54, 1.807) is 6.92 Å². The topological polar surface area (TPSA) is 81.5 Å². The summed E-state index contributed by atoms with van der Waals surface area (Å²) in [5, 5.41) is 0.625. The number of ether oxygens (including phenoxy) is 1. The van der Waals surface area contributed by atoms with E-state index in [0.717, 1.165) is 10.7 Å². The third-order valence-corrected chi connectivity index (χ3v) is 3.78. The molecule has 1 aromatic rings. The summed E-state index contributed by atoms with van der Waals surface area (Å²) in [7, 11) is 1.45. The maximum atomic E-state index is 12.2. The largest absolute Gasteiger partial charge is 0.465 e. The summed E-state index contributed by atoms with van der Waals surface area (Å²) in [5.41, 5.74) is -0.385. The van der Waals surface area contributed by atoms with Crippen molar-refractivity contribution in [2.75, 3.05) is 26.0 Å². The molecule has 8 heteroatoms. The summed E-state index contributed by atoms with van der Waals surface area (Å²) >= 11 is 1.48. The lowest BCUT2D eigenvalue weighted by molar-refractivity contribution is -0.143. The van der Waals surface area contributed by atoms with Crippen LogP contribution >= 0.6 is 11.8 Å². The smallest absolute Gasteiger partial charge is 0.325 e. The highest BCUT2D eigenvalue weighted by Crippen LogP contribution is 2.20. The van der Waals surface area contributed by atoms with Crippen LogP contribution < -0.4 is 5.56 Å². The summed E-state index contributed by atoms with van der Waals surface area (Å²) in [6, 6.07) is 0. The molecule has 0 spiro atoms. The van der Waals surface area contributed by atoms with E-state index in [1.807, 2.05) is 0 Å². The molecule has 0 bridgehead atoms. The molecule has 20 heavy (non-hydrogen) atoms. The van der Waals surface area contributed by atoms with Crippen molar-refractivity contribution in [1.82, 2.24) is 14.5 Å². The highest BCUT2D eigenvalue weighted by molar-refractivity contribution is 7.99. The van der Waals surface area contributed by atoms with Crippen LogP contribution in [0, 0.1) is 0 Å². The Kier molecular flexibility index (Phi) is 4.43. The van der Waals surface area contributed by atoms with Crippen molar-refractivity contribution in [2.24, 2.45) is 0 Å². The number of amides is 1. The molecule has 0 saturated heterocycles. The van der Waals surface area contributed by atoms with E-state index < -0.39 is 11.9 Å². The zero-order valence-electron chi connectivity index (χ0n) is 11.3. The molecule has 2 rings (SSSR count). The van der Waals surface area contributed by atoms with Gasteiger partial charge in [-0.05, 0) is 6.92 Å². The number of aromatic nitrogens is 2. The minimum atomic E-state index is -0.525. The van der Waals surface area contributed by atoms with Gasteiger partial charge in [-0.15, -0.1) is 0 Å². The van der Waals surface area contributed by atoms with Gasteiger partial charge in [-0.25, -0.2) is 4.98 Å². The quantitative estimate of drug-likeness (QED) is 0.574. The number of hydrogen-bond acceptors (Lipinski definition) is 6. The van der Waals surface area contributed by atoms with Crippen LogP contribution in [0.5, 0.6) is 0 Å². The molecule has 0 unspecified atom stereocenters. The van der Waals surface area contributed by atoms with Crippen molar-refractivity contribution in [1.29, 1.82) is 0 Å². The lowest BCUT2D eigenvalue weighted by atomic mass is 10.3. The van der Waals surface area contributed by atoms with Gasteiger partial charge in [0.2, 0.25) is 0 Å². The van der Waals surface area contributed by atoms with Crippen LogP contribution in [0.2, 0.25) is 0 Å². The number of fused-ring (bicyclic) bond motifs is 1. The van der Waals surface area contributed by atoms with E-state index >= 15 is 0 Å². The number of thioether (sulfide) groups is 1. The maximum absolute atomic E-state index is 12.2. The summed E-state index contributed by atoms with van der Waals surface area (Å²) in [6.45, 7) is 2.30. The molecular weight excluding hydrogens is 282 g/mol. The number of likely N-dealkylation sites (N-methyl/N-ethyl adjacent to an activating group) is 1. The second-order valence-electron chi connectivity index (χ2n) is 4.23. The third kappa shape index (κ3) is 2.84. The van der Waals surface area contributed by atoms with E-state index in [4.69, 9.17) is 4.74 Å². The van der Waals surface area contributed by atoms with Gasteiger partial charge in [0, 0.05) is 25.5 Å². The average Bonchev–Trinajstić information content (AvgIpc) is 2.88. The van der Waals surface area contributed by atoms with Crippen LogP contribution in [0.1, 0.15) is 17.3 Å². The van der Waals surface area contributed by atoms with E-state index in [1.165, 1.54) is 29.6 Å². The fourth-order valence-corrected chi connectivity index (χ4v) is 2.76. The number of carbonyl (C=O) groups excluding carboxylic acids is 2. The second-order valence-corrected chi connectivity index (χ2v) is 5.29. The molecule has 1 amide bonds. The van der Waals surface area contributed by atoms with E-state index in [-0.39, 0.29) is 24.3 Å². The van der Waals surface area contributed by atoms with Crippen LogP contribution in [0.15, 0.2) is 16.1 Å². The lowest BCUT2D eigenvalue weighted by Gasteiger charge is -2.16. The Bertz CT molecular complexity index is 599. The zero-order valence-corrected chi connectivity index (χ0v) is 12.1. The molecule has 0 fully saturated rings. The van der Waals surface area contributed by atoms with Gasteiger partial charge in [0.15, 0.2) is 5.16 Å². The van der Waals surface area contributed by atoms with Crippen molar-refractivity contribution in [3.63, 3.8) is 0 Å². The van der Waals surface area contributed by atoms with E-state index in [2.05, 4.69) is 4.98 Å². The first-order valence-corrected chi connectivity index (χ1v) is 7.17. The summed E-state index contributed by atoms with van der Waals surface area (Å²) in [6.07, 6.45) is 1.27. The highest BCUT2D eigenvalue weighted by atomic mass is 32.2. The van der Waals surface area contributed by atoms with Gasteiger partial charge in [0.05, 0.1) is 6.61 Å². The minimum absolute atomic E-state index is 0.0250. The van der Waals surface area contributed by atoms with Crippen LogP contribution in [0.25, 0.3) is 0 Å². The van der Waals surface area contributed by atoms with Gasteiger partial charge in [0.25, 0.3) is 11.5 Å². The first-order chi connectivity index (χ1) is 9.54. The Balaban J connectivity index is 2.17. The molecule has 0 atom stereocenters. The fraction of sp³-hybridized carbons (Fsp3) is 0.500. The van der Waals surface area contributed by atoms with Gasteiger partial charge in [-0.3, -0.25) is 19.0 Å². The molecule has 0 radical (unpaired) electrons. The van der Waals surface area contributed by atoms with Gasteiger partial charge in [-0.1, -0.05) is 11.8 Å². The van der Waals surface area contributed by atoms with Gasteiger partial charge >= 0.3 is 5.97 Å². The highest BCUT2D eigenvalue weighted by Gasteiger charge is 2.23. The van der Waals surface area contributed by atoms with Crippen molar-refractivity contribution in [3.8, 4) is 0 Å². The number of rotatable bonds is 4. The molecule has 1 aromatic heterocycles. The molecule has 0 aliphatic carbocycles. The predicted octanol–water partition coefficient (Wildman–Crippen LogP) is -0.0159. The van der Waals surface area contributed by atoms with Crippen LogP contribution in [-0.4, -0.2) is 52.3 Å². The van der Waals surface area contributed by atoms with E-state index in [0.29, 0.717) is 11.7 Å². The van der Waals surface area contributed by atoms with E-state index in [9.17, 15) is 14.4 Å². The second kappa shape index (κ2) is 6.08. The first kappa shape index (κ1) is 14.6. The standard InChI is InChI=1S/C12H15N3O4S/c1-3-19-9(16)7-14(2)10(17)8-6-13-12-15(11(8)18)4-5-20-12/h6H,3-5,7H2,1-2H3. The summed E-state index contributed by atoms with van der Waals surface area (Å²) in [5.74, 6) is -0.255. The van der Waals surface area contributed by atoms with Crippen molar-refractivity contribution >= 4 is 23.6 Å². The molecule has 2 heterocycles. The fourth-order valence-electron chi connectivity index (χ4n) is 1.84. The number of hydrogen-bond donors (Lipinski definition) is 0. The monoisotopic (exact) mass is 297 g/mol. The van der Waals surface area contributed by atoms with Gasteiger partial charge < -0.3 is 9.64 Å². The molecule has 108 valence electrons. The maximum Gasteiger partial charge on any atom is 0.325 e. The minimum Gasteiger partial charge on any atom is -0.465 e. The van der Waals surface area contributed by atoms with Crippen LogP contribution in [-0.2, 0) is 16.1 Å². The Hall–Kier alpha value is -1.83. The van der Waals surface area contributed by atoms with Crippen LogP contribution in [0.4, 0.5) is 0 Å². The normalized spacial score (nSPS) is 12.9. The molecule has 1 aliphatic rings. The number of esters is 1. The lowest BCUT2D eigenvalue weighted by Crippen LogP contribution is -2.37. The predicted molar refractivity (Wildman–Crippen MR) is 72.8 cm³/mol. The Morgan fingerprint density at radius 3 is 3.00 bits per heavy atom. The molecule has 1 aliphatic heterocycles. The molecule has 0 aromatic carbocycles. The Labute approximate surface area is 119 Å². The van der Waals surface area contributed by atoms with Crippen molar-refractivity contribution in [3.05, 3.63) is 22.1 Å².